The number of primary amides is 1. The average Bonchev–Trinajstić information content (AvgIpc) is 2.90. The summed E-state index contributed by atoms with van der Waals surface area (Å²) in [5.74, 6) is 0.314. The molecule has 12 heteroatoms. The second-order valence-corrected chi connectivity index (χ2v) is 12.6. The molecule has 0 bridgehead atoms. The minimum Gasteiger partial charge on any atom is -0.496 e. The van der Waals surface area contributed by atoms with Crippen molar-refractivity contribution >= 4 is 35.2 Å². The number of carbonyl (C=O) groups is 3. The van der Waals surface area contributed by atoms with Gasteiger partial charge in [0.1, 0.15) is 17.4 Å². The number of nitrogens with zero attached hydrogens (tertiary/aromatic N) is 2. The average molecular weight is 595 g/mol. The van der Waals surface area contributed by atoms with E-state index in [0.29, 0.717) is 34.4 Å². The van der Waals surface area contributed by atoms with Gasteiger partial charge in [-0.1, -0.05) is 11.6 Å². The number of benzene rings is 1. The molecule has 3 amide bonds. The van der Waals surface area contributed by atoms with Gasteiger partial charge in [-0.3, -0.25) is 9.59 Å². The number of hydrogen-bond acceptors (Lipinski definition) is 8. The number of nitrogens with one attached hydrogen (secondary N) is 2. The molecule has 1 atom stereocenters. The van der Waals surface area contributed by atoms with Crippen molar-refractivity contribution in [3.05, 3.63) is 22.7 Å². The second kappa shape index (κ2) is 14.9. The number of hydrogen-bond donors (Lipinski definition) is 4. The standard InChI is InChI=1S/C29H47ClN6O5/c1-29(2,3)41-28(39)34-24(26(32)37)6-5-11-35-12-7-19(8-13-35)18-36-14-9-20(10-15-36)33-27(38)21-16-22(30)23(31)17-25(21)40-4/h16-17,19-20,24H,5-15,18,31H2,1-4H3,(H2,32,37)(H,33,38)(H,34,39). The minimum absolute atomic E-state index is 0.107. The number of methoxy groups -OCH3 is 1. The lowest BCUT2D eigenvalue weighted by atomic mass is 9.94. The number of amides is 3. The van der Waals surface area contributed by atoms with Crippen LogP contribution in [0.25, 0.3) is 0 Å². The number of anilines is 1. The Balaban J connectivity index is 1.33. The monoisotopic (exact) mass is 594 g/mol. The molecule has 0 spiro atoms. The lowest BCUT2D eigenvalue weighted by Crippen LogP contribution is -2.47. The van der Waals surface area contributed by atoms with E-state index in [1.54, 1.807) is 32.9 Å². The molecular weight excluding hydrogens is 548 g/mol. The number of nitrogens with two attached hydrogens (primary N) is 2. The van der Waals surface area contributed by atoms with Crippen molar-refractivity contribution < 1.29 is 23.9 Å². The van der Waals surface area contributed by atoms with E-state index in [0.717, 1.165) is 71.4 Å². The highest BCUT2D eigenvalue weighted by Gasteiger charge is 2.27. The summed E-state index contributed by atoms with van der Waals surface area (Å²) in [6.45, 7) is 11.2. The van der Waals surface area contributed by atoms with Crippen LogP contribution in [-0.2, 0) is 9.53 Å². The van der Waals surface area contributed by atoms with Gasteiger partial charge in [0.05, 0.1) is 23.4 Å². The first-order valence-electron chi connectivity index (χ1n) is 14.5. The number of ether oxygens (including phenoxy) is 2. The lowest BCUT2D eigenvalue weighted by Gasteiger charge is -2.38. The number of nitrogen functional groups attached to an aromatic ring is 1. The van der Waals surface area contributed by atoms with Crippen LogP contribution in [0.3, 0.4) is 0 Å². The van der Waals surface area contributed by atoms with E-state index in [4.69, 9.17) is 32.5 Å². The largest absolute Gasteiger partial charge is 0.496 e. The molecule has 1 aromatic carbocycles. The van der Waals surface area contributed by atoms with Gasteiger partial charge in [0, 0.05) is 31.7 Å². The number of likely N-dealkylation sites (tertiary alicyclic amines) is 2. The highest BCUT2D eigenvalue weighted by atomic mass is 35.5. The van der Waals surface area contributed by atoms with Gasteiger partial charge in [-0.05, 0) is 90.9 Å². The van der Waals surface area contributed by atoms with Crippen molar-refractivity contribution in [2.45, 2.75) is 77.0 Å². The Hall–Kier alpha value is -2.76. The summed E-state index contributed by atoms with van der Waals surface area (Å²) in [5, 5.41) is 6.06. The molecule has 0 aliphatic carbocycles. The van der Waals surface area contributed by atoms with E-state index in [2.05, 4.69) is 20.4 Å². The van der Waals surface area contributed by atoms with Crippen molar-refractivity contribution in [2.75, 3.05) is 52.1 Å². The summed E-state index contributed by atoms with van der Waals surface area (Å²) in [7, 11) is 1.51. The van der Waals surface area contributed by atoms with Crippen LogP contribution in [-0.4, -0.2) is 91.8 Å². The van der Waals surface area contributed by atoms with E-state index in [1.165, 1.54) is 7.11 Å². The first-order chi connectivity index (χ1) is 19.3. The lowest BCUT2D eigenvalue weighted by molar-refractivity contribution is -0.120. The fourth-order valence-corrected chi connectivity index (χ4v) is 5.61. The van der Waals surface area contributed by atoms with Crippen LogP contribution >= 0.6 is 11.6 Å². The summed E-state index contributed by atoms with van der Waals surface area (Å²) < 4.78 is 10.6. The van der Waals surface area contributed by atoms with Crippen molar-refractivity contribution in [1.29, 1.82) is 0 Å². The number of carbonyl (C=O) groups excluding carboxylic acids is 3. The fourth-order valence-electron chi connectivity index (χ4n) is 5.45. The molecule has 2 aliphatic heterocycles. The van der Waals surface area contributed by atoms with Crippen LogP contribution in [0.4, 0.5) is 10.5 Å². The molecule has 0 radical (unpaired) electrons. The fraction of sp³-hybridized carbons (Fsp3) is 0.690. The zero-order valence-corrected chi connectivity index (χ0v) is 25.6. The maximum atomic E-state index is 12.9. The predicted octanol–water partition coefficient (Wildman–Crippen LogP) is 3.00. The Bertz CT molecular complexity index is 1050. The molecule has 41 heavy (non-hydrogen) atoms. The molecule has 0 aromatic heterocycles. The Morgan fingerprint density at radius 1 is 1.07 bits per heavy atom. The summed E-state index contributed by atoms with van der Waals surface area (Å²) in [4.78, 5) is 41.6. The van der Waals surface area contributed by atoms with E-state index >= 15 is 0 Å². The molecular formula is C29H47ClN6O5. The van der Waals surface area contributed by atoms with Crippen LogP contribution < -0.4 is 26.8 Å². The molecule has 230 valence electrons. The quantitative estimate of drug-likeness (QED) is 0.285. The Kier molecular flexibility index (Phi) is 11.9. The third-order valence-electron chi connectivity index (χ3n) is 7.71. The summed E-state index contributed by atoms with van der Waals surface area (Å²) in [6.07, 6.45) is 4.68. The Morgan fingerprint density at radius 2 is 1.71 bits per heavy atom. The van der Waals surface area contributed by atoms with Crippen molar-refractivity contribution in [3.63, 3.8) is 0 Å². The van der Waals surface area contributed by atoms with Crippen LogP contribution in [0, 0.1) is 5.92 Å². The third kappa shape index (κ3) is 10.5. The Labute approximate surface area is 248 Å². The second-order valence-electron chi connectivity index (χ2n) is 12.2. The maximum Gasteiger partial charge on any atom is 0.408 e. The molecule has 2 aliphatic rings. The van der Waals surface area contributed by atoms with E-state index in [9.17, 15) is 14.4 Å². The first-order valence-corrected chi connectivity index (χ1v) is 14.9. The van der Waals surface area contributed by atoms with Crippen molar-refractivity contribution in [1.82, 2.24) is 20.4 Å². The molecule has 2 heterocycles. The van der Waals surface area contributed by atoms with Crippen LogP contribution in [0.15, 0.2) is 12.1 Å². The van der Waals surface area contributed by atoms with Crippen molar-refractivity contribution in [3.8, 4) is 5.75 Å². The van der Waals surface area contributed by atoms with Gasteiger partial charge in [0.15, 0.2) is 0 Å². The summed E-state index contributed by atoms with van der Waals surface area (Å²) in [5.41, 5.74) is 11.5. The molecule has 2 saturated heterocycles. The van der Waals surface area contributed by atoms with Crippen LogP contribution in [0.5, 0.6) is 5.75 Å². The first kappa shape index (κ1) is 32.8. The normalized spacial score (nSPS) is 18.5. The Morgan fingerprint density at radius 3 is 2.29 bits per heavy atom. The summed E-state index contributed by atoms with van der Waals surface area (Å²) in [6, 6.07) is 2.51. The zero-order valence-electron chi connectivity index (χ0n) is 24.8. The number of rotatable bonds is 11. The maximum absolute atomic E-state index is 12.9. The molecule has 1 unspecified atom stereocenters. The van der Waals surface area contributed by atoms with Gasteiger partial charge in [0.25, 0.3) is 5.91 Å². The highest BCUT2D eigenvalue weighted by Crippen LogP contribution is 2.29. The molecule has 3 rings (SSSR count). The topological polar surface area (TPSA) is 152 Å². The minimum atomic E-state index is -0.735. The zero-order chi connectivity index (χ0) is 30.2. The molecule has 2 fully saturated rings. The van der Waals surface area contributed by atoms with Crippen LogP contribution in [0.1, 0.15) is 69.7 Å². The number of piperidine rings is 2. The number of halogens is 1. The molecule has 11 nitrogen and oxygen atoms in total. The van der Waals surface area contributed by atoms with E-state index in [1.807, 2.05) is 0 Å². The molecule has 1 aromatic rings. The van der Waals surface area contributed by atoms with Gasteiger partial charge in [-0.2, -0.15) is 0 Å². The SMILES string of the molecule is COc1cc(N)c(Cl)cc1C(=O)NC1CCN(CC2CCN(CCCC(NC(=O)OC(C)(C)C)C(N)=O)CC2)CC1. The van der Waals surface area contributed by atoms with Gasteiger partial charge in [0.2, 0.25) is 5.91 Å². The molecule has 0 saturated carbocycles. The van der Waals surface area contributed by atoms with Crippen LogP contribution in [0.2, 0.25) is 5.02 Å². The van der Waals surface area contributed by atoms with E-state index < -0.39 is 23.6 Å². The van der Waals surface area contributed by atoms with Gasteiger partial charge >= 0.3 is 6.09 Å². The molecule has 6 N–H and O–H groups in total. The summed E-state index contributed by atoms with van der Waals surface area (Å²) >= 11 is 6.13. The van der Waals surface area contributed by atoms with E-state index in [-0.39, 0.29) is 11.9 Å². The third-order valence-corrected chi connectivity index (χ3v) is 8.04. The highest BCUT2D eigenvalue weighted by molar-refractivity contribution is 6.33. The van der Waals surface area contributed by atoms with Gasteiger partial charge < -0.3 is 41.4 Å². The smallest absolute Gasteiger partial charge is 0.408 e. The van der Waals surface area contributed by atoms with Crippen molar-refractivity contribution in [2.24, 2.45) is 11.7 Å². The number of alkyl carbamates (subject to hydrolysis) is 1. The van der Waals surface area contributed by atoms with Gasteiger partial charge in [-0.25, -0.2) is 4.79 Å². The predicted molar refractivity (Wildman–Crippen MR) is 160 cm³/mol. The van der Waals surface area contributed by atoms with Gasteiger partial charge in [-0.15, -0.1) is 0 Å².